The molecule has 0 radical (unpaired) electrons. The highest BCUT2D eigenvalue weighted by Gasteiger charge is 1.91. The van der Waals surface area contributed by atoms with Gasteiger partial charge >= 0.3 is 0 Å². The second kappa shape index (κ2) is 1.49. The third kappa shape index (κ3) is 0.714. The van der Waals surface area contributed by atoms with Crippen LogP contribution in [0, 0.1) is 0 Å². The van der Waals surface area contributed by atoms with Gasteiger partial charge in [0.25, 0.3) is 0 Å². The molecular formula is C2H2BrN3O. The first-order valence-electron chi connectivity index (χ1n) is 1.56. The molecule has 1 N–H and O–H groups in total. The molecule has 0 unspecified atom stereocenters. The van der Waals surface area contributed by atoms with Crippen LogP contribution in [0.3, 0.4) is 0 Å². The number of hydrogen-bond donors (Lipinski definition) is 1. The third-order valence-electron chi connectivity index (χ3n) is 0.492. The molecule has 4 nitrogen and oxygen atoms in total. The number of hydrogen-bond acceptors (Lipinski definition) is 3. The van der Waals surface area contributed by atoms with Crippen molar-refractivity contribution in [3.8, 4) is 0 Å². The molecule has 1 heterocycles. The topological polar surface area (TPSA) is 50.9 Å². The molecule has 0 amide bonds. The van der Waals surface area contributed by atoms with Gasteiger partial charge in [-0.25, -0.2) is 0 Å². The second-order valence-electron chi connectivity index (χ2n) is 0.946. The van der Waals surface area contributed by atoms with Gasteiger partial charge in [0.1, 0.15) is 0 Å². The van der Waals surface area contributed by atoms with Crippen molar-refractivity contribution in [3.63, 3.8) is 0 Å². The van der Waals surface area contributed by atoms with E-state index in [1.807, 2.05) is 0 Å². The summed E-state index contributed by atoms with van der Waals surface area (Å²) in [6.45, 7) is 0. The Morgan fingerprint density at radius 1 is 1.86 bits per heavy atom. The summed E-state index contributed by atoms with van der Waals surface area (Å²) >= 11 is 2.95. The van der Waals surface area contributed by atoms with Crippen LogP contribution in [0.15, 0.2) is 10.8 Å². The highest BCUT2D eigenvalue weighted by atomic mass is 79.9. The van der Waals surface area contributed by atoms with E-state index >= 15 is 0 Å². The van der Waals surface area contributed by atoms with Crippen molar-refractivity contribution in [2.75, 3.05) is 0 Å². The van der Waals surface area contributed by atoms with E-state index in [1.54, 1.807) is 0 Å². The molecule has 7 heavy (non-hydrogen) atoms. The van der Waals surface area contributed by atoms with Gasteiger partial charge in [0.15, 0.2) is 4.60 Å². The van der Waals surface area contributed by atoms with Gasteiger partial charge in [-0.1, -0.05) is 4.85 Å². The SMILES string of the molecule is On1nncc1Br. The Morgan fingerprint density at radius 3 is 2.71 bits per heavy atom. The van der Waals surface area contributed by atoms with Crippen LogP contribution < -0.4 is 0 Å². The number of halogens is 1. The molecule has 0 aromatic carbocycles. The molecule has 5 heteroatoms. The summed E-state index contributed by atoms with van der Waals surface area (Å²) in [6.07, 6.45) is 1.39. The van der Waals surface area contributed by atoms with Crippen molar-refractivity contribution in [2.45, 2.75) is 0 Å². The molecule has 0 aliphatic carbocycles. The second-order valence-corrected chi connectivity index (χ2v) is 1.76. The summed E-state index contributed by atoms with van der Waals surface area (Å²) in [5.74, 6) is 0. The Morgan fingerprint density at radius 2 is 2.57 bits per heavy atom. The van der Waals surface area contributed by atoms with Crippen molar-refractivity contribution in [1.82, 2.24) is 15.2 Å². The van der Waals surface area contributed by atoms with Gasteiger partial charge in [-0.3, -0.25) is 0 Å². The monoisotopic (exact) mass is 163 g/mol. The van der Waals surface area contributed by atoms with Crippen molar-refractivity contribution in [2.24, 2.45) is 0 Å². The lowest BCUT2D eigenvalue weighted by atomic mass is 11.0. The van der Waals surface area contributed by atoms with Gasteiger partial charge in [-0.15, -0.1) is 5.10 Å². The summed E-state index contributed by atoms with van der Waals surface area (Å²) in [6, 6.07) is 0. The van der Waals surface area contributed by atoms with Crippen LogP contribution in [0.25, 0.3) is 0 Å². The fourth-order valence-electron chi connectivity index (χ4n) is 0.217. The van der Waals surface area contributed by atoms with E-state index in [1.165, 1.54) is 6.20 Å². The first-order chi connectivity index (χ1) is 3.30. The number of rotatable bonds is 0. The normalized spacial score (nSPS) is 9.29. The summed E-state index contributed by atoms with van der Waals surface area (Å²) in [5.41, 5.74) is 0. The molecule has 0 saturated carbocycles. The van der Waals surface area contributed by atoms with Crippen LogP contribution in [-0.2, 0) is 0 Å². The average Bonchev–Trinajstić information content (AvgIpc) is 1.91. The lowest BCUT2D eigenvalue weighted by Gasteiger charge is -1.81. The molecular weight excluding hydrogens is 162 g/mol. The standard InChI is InChI=1S/C2H2BrN3O/c3-2-1-4-5-6(2)7/h1,7H. The first-order valence-corrected chi connectivity index (χ1v) is 2.35. The predicted octanol–water partition coefficient (Wildman–Crippen LogP) is 0.278. The Kier molecular flexibility index (Phi) is 0.976. The van der Waals surface area contributed by atoms with E-state index in [4.69, 9.17) is 5.21 Å². The summed E-state index contributed by atoms with van der Waals surface area (Å²) in [7, 11) is 0. The lowest BCUT2D eigenvalue weighted by Crippen LogP contribution is -1.91. The summed E-state index contributed by atoms with van der Waals surface area (Å²) in [4.78, 5) is 0.639. The Balaban J connectivity index is 3.12. The Bertz CT molecular complexity index is 145. The van der Waals surface area contributed by atoms with E-state index in [9.17, 15) is 0 Å². The van der Waals surface area contributed by atoms with Gasteiger partial charge in [0, 0.05) is 0 Å². The van der Waals surface area contributed by atoms with Gasteiger partial charge in [-0.2, -0.15) is 0 Å². The van der Waals surface area contributed by atoms with E-state index in [0.717, 1.165) is 0 Å². The summed E-state index contributed by atoms with van der Waals surface area (Å²) in [5, 5.41) is 15.0. The molecule has 0 saturated heterocycles. The van der Waals surface area contributed by atoms with Crippen molar-refractivity contribution in [3.05, 3.63) is 10.8 Å². The minimum atomic E-state index is 0.451. The molecule has 0 aliphatic rings. The van der Waals surface area contributed by atoms with Gasteiger partial charge in [0.2, 0.25) is 0 Å². The van der Waals surface area contributed by atoms with E-state index in [-0.39, 0.29) is 0 Å². The van der Waals surface area contributed by atoms with E-state index < -0.39 is 0 Å². The molecule has 38 valence electrons. The zero-order valence-electron chi connectivity index (χ0n) is 3.24. The fraction of sp³-hybridized carbons (Fsp3) is 0. The molecule has 0 aliphatic heterocycles. The maximum Gasteiger partial charge on any atom is 0.165 e. The molecule has 0 fully saturated rings. The first kappa shape index (κ1) is 4.58. The molecule has 0 spiro atoms. The minimum Gasteiger partial charge on any atom is -0.410 e. The van der Waals surface area contributed by atoms with Crippen LogP contribution >= 0.6 is 15.9 Å². The zero-order valence-corrected chi connectivity index (χ0v) is 4.83. The van der Waals surface area contributed by atoms with Crippen LogP contribution in [0.1, 0.15) is 0 Å². The van der Waals surface area contributed by atoms with Crippen LogP contribution in [0.5, 0.6) is 0 Å². The maximum atomic E-state index is 8.46. The third-order valence-corrected chi connectivity index (χ3v) is 1.01. The van der Waals surface area contributed by atoms with Gasteiger partial charge in [-0.05, 0) is 21.1 Å². The molecule has 1 aromatic heterocycles. The minimum absolute atomic E-state index is 0.451. The molecule has 1 aromatic rings. The van der Waals surface area contributed by atoms with Crippen LogP contribution in [0.2, 0.25) is 0 Å². The highest BCUT2D eigenvalue weighted by molar-refractivity contribution is 9.10. The van der Waals surface area contributed by atoms with Crippen molar-refractivity contribution < 1.29 is 5.21 Å². The smallest absolute Gasteiger partial charge is 0.165 e. The molecule has 0 atom stereocenters. The molecule has 0 bridgehead atoms. The average molecular weight is 164 g/mol. The number of aromatic nitrogens is 3. The van der Waals surface area contributed by atoms with Crippen LogP contribution in [0.4, 0.5) is 0 Å². The van der Waals surface area contributed by atoms with Gasteiger partial charge in [0.05, 0.1) is 6.20 Å². The number of nitrogens with zero attached hydrogens (tertiary/aromatic N) is 3. The van der Waals surface area contributed by atoms with Crippen LogP contribution in [-0.4, -0.2) is 20.4 Å². The fourth-order valence-corrected chi connectivity index (χ4v) is 0.379. The van der Waals surface area contributed by atoms with Crippen molar-refractivity contribution >= 4 is 15.9 Å². The van der Waals surface area contributed by atoms with E-state index in [2.05, 4.69) is 26.2 Å². The Labute approximate surface area is 47.8 Å². The maximum absolute atomic E-state index is 8.46. The lowest BCUT2D eigenvalue weighted by molar-refractivity contribution is 0.137. The predicted molar refractivity (Wildman–Crippen MR) is 24.9 cm³/mol. The van der Waals surface area contributed by atoms with E-state index in [0.29, 0.717) is 9.45 Å². The van der Waals surface area contributed by atoms with Gasteiger partial charge < -0.3 is 5.21 Å². The van der Waals surface area contributed by atoms with Crippen molar-refractivity contribution in [1.29, 1.82) is 0 Å². The summed E-state index contributed by atoms with van der Waals surface area (Å²) < 4.78 is 0.451. The largest absolute Gasteiger partial charge is 0.410 e. The molecule has 1 rings (SSSR count). The highest BCUT2D eigenvalue weighted by Crippen LogP contribution is 2.00. The Hall–Kier alpha value is -0.580. The zero-order chi connectivity index (χ0) is 5.28. The quantitative estimate of drug-likeness (QED) is 0.560.